The molecule has 1 N–H and O–H groups in total. The quantitative estimate of drug-likeness (QED) is 0.795. The van der Waals surface area contributed by atoms with Crippen molar-refractivity contribution in [2.75, 3.05) is 20.3 Å². The van der Waals surface area contributed by atoms with Crippen LogP contribution in [0.2, 0.25) is 0 Å². The summed E-state index contributed by atoms with van der Waals surface area (Å²) in [6.45, 7) is 3.23. The summed E-state index contributed by atoms with van der Waals surface area (Å²) in [6.07, 6.45) is 16.6. The minimum absolute atomic E-state index is 0.261. The summed E-state index contributed by atoms with van der Waals surface area (Å²) in [7, 11) is 1.65. The van der Waals surface area contributed by atoms with E-state index in [1.807, 2.05) is 36.5 Å². The Kier molecular flexibility index (Phi) is 5.07. The summed E-state index contributed by atoms with van der Waals surface area (Å²) in [5.74, 6) is -0.444. The average molecular weight is 381 g/mol. The Balaban J connectivity index is 1.79. The number of halogens is 2. The maximum atomic E-state index is 15.1. The molecule has 0 spiro atoms. The molecule has 2 nitrogen and oxygen atoms in total. The van der Waals surface area contributed by atoms with Crippen molar-refractivity contribution < 1.29 is 13.5 Å². The Bertz CT molecular complexity index is 925. The predicted molar refractivity (Wildman–Crippen MR) is 108 cm³/mol. The van der Waals surface area contributed by atoms with Gasteiger partial charge in [0.05, 0.1) is 6.61 Å². The number of allylic oxidation sites excluding steroid dienone is 7. The third-order valence-electron chi connectivity index (χ3n) is 6.14. The van der Waals surface area contributed by atoms with E-state index in [1.54, 1.807) is 7.11 Å². The summed E-state index contributed by atoms with van der Waals surface area (Å²) in [6, 6.07) is 2.50. The van der Waals surface area contributed by atoms with Crippen LogP contribution >= 0.6 is 0 Å². The Hall–Kier alpha value is -2.46. The first kappa shape index (κ1) is 18.9. The zero-order chi connectivity index (χ0) is 19.7. The number of methoxy groups -OCH3 is 1. The smallest absolute Gasteiger partial charge is 0.130 e. The molecule has 1 heterocycles. The van der Waals surface area contributed by atoms with Gasteiger partial charge in [-0.1, -0.05) is 55.5 Å². The summed E-state index contributed by atoms with van der Waals surface area (Å²) in [5, 5.41) is 3.40. The molecule has 1 aromatic rings. The minimum atomic E-state index is -0.539. The fourth-order valence-corrected chi connectivity index (χ4v) is 4.71. The Labute approximate surface area is 165 Å². The van der Waals surface area contributed by atoms with Crippen LogP contribution in [0.3, 0.4) is 0 Å². The van der Waals surface area contributed by atoms with Gasteiger partial charge in [-0.15, -0.1) is 0 Å². The normalized spacial score (nSPS) is 32.9. The summed E-state index contributed by atoms with van der Waals surface area (Å²) >= 11 is 0. The van der Waals surface area contributed by atoms with Crippen LogP contribution in [0.25, 0.3) is 0 Å². The highest BCUT2D eigenvalue weighted by Gasteiger charge is 2.62. The molecule has 3 aliphatic rings. The zero-order valence-electron chi connectivity index (χ0n) is 16.2. The van der Waals surface area contributed by atoms with Crippen molar-refractivity contribution in [1.82, 2.24) is 5.32 Å². The lowest BCUT2D eigenvalue weighted by Crippen LogP contribution is -2.22. The van der Waals surface area contributed by atoms with Gasteiger partial charge in [-0.25, -0.2) is 8.78 Å². The summed E-state index contributed by atoms with van der Waals surface area (Å²) in [5.41, 5.74) is 2.87. The van der Waals surface area contributed by atoms with Gasteiger partial charge in [-0.05, 0) is 29.0 Å². The Morgan fingerprint density at radius 3 is 2.82 bits per heavy atom. The summed E-state index contributed by atoms with van der Waals surface area (Å²) < 4.78 is 34.6. The number of hydrogen-bond acceptors (Lipinski definition) is 2. The van der Waals surface area contributed by atoms with Gasteiger partial charge in [-0.2, -0.15) is 0 Å². The number of ether oxygens (including phenoxy) is 1. The summed E-state index contributed by atoms with van der Waals surface area (Å²) in [4.78, 5) is 0. The molecule has 0 amide bonds. The first-order valence-electron chi connectivity index (χ1n) is 9.70. The van der Waals surface area contributed by atoms with Gasteiger partial charge in [0, 0.05) is 42.8 Å². The number of fused-ring (bicyclic) bond motifs is 1. The SMILES string of the molecule is COCC1=C(\Cc2cc(F)cc(F)c2C23C=CC=CC2[C@H]3C)NC/C=C/C=C\1. The third-order valence-corrected chi connectivity index (χ3v) is 6.14. The maximum absolute atomic E-state index is 15.1. The minimum Gasteiger partial charge on any atom is -0.384 e. The molecule has 1 saturated carbocycles. The van der Waals surface area contributed by atoms with E-state index in [0.29, 0.717) is 36.6 Å². The molecular weight excluding hydrogens is 356 g/mol. The van der Waals surface area contributed by atoms with Gasteiger partial charge in [-0.3, -0.25) is 0 Å². The van der Waals surface area contributed by atoms with E-state index in [9.17, 15) is 4.39 Å². The highest BCUT2D eigenvalue weighted by molar-refractivity contribution is 5.53. The van der Waals surface area contributed by atoms with Crippen LogP contribution in [0.1, 0.15) is 18.1 Å². The van der Waals surface area contributed by atoms with E-state index in [4.69, 9.17) is 4.74 Å². The second-order valence-corrected chi connectivity index (χ2v) is 7.69. The molecule has 28 heavy (non-hydrogen) atoms. The van der Waals surface area contributed by atoms with Gasteiger partial charge in [0.2, 0.25) is 0 Å². The molecule has 1 aromatic carbocycles. The molecule has 0 bridgehead atoms. The third kappa shape index (κ3) is 3.16. The highest BCUT2D eigenvalue weighted by atomic mass is 19.1. The Morgan fingerprint density at radius 2 is 2.04 bits per heavy atom. The molecule has 3 atom stereocenters. The van der Waals surface area contributed by atoms with Gasteiger partial charge < -0.3 is 10.1 Å². The fourth-order valence-electron chi connectivity index (χ4n) is 4.71. The van der Waals surface area contributed by atoms with Gasteiger partial charge in [0.1, 0.15) is 11.6 Å². The fraction of sp³-hybridized carbons (Fsp3) is 0.333. The molecule has 2 unspecified atom stereocenters. The number of benzene rings is 1. The Morgan fingerprint density at radius 1 is 1.18 bits per heavy atom. The van der Waals surface area contributed by atoms with E-state index < -0.39 is 11.6 Å². The predicted octanol–water partition coefficient (Wildman–Crippen LogP) is 4.75. The van der Waals surface area contributed by atoms with Crippen LogP contribution in [0.5, 0.6) is 0 Å². The number of rotatable bonds is 5. The van der Waals surface area contributed by atoms with Crippen molar-refractivity contribution in [3.05, 3.63) is 94.8 Å². The first-order chi connectivity index (χ1) is 13.6. The molecule has 0 aromatic heterocycles. The van der Waals surface area contributed by atoms with Gasteiger partial charge in [0.15, 0.2) is 0 Å². The number of nitrogens with one attached hydrogen (secondary N) is 1. The van der Waals surface area contributed by atoms with Gasteiger partial charge in [0.25, 0.3) is 0 Å². The molecule has 1 aliphatic heterocycles. The lowest BCUT2D eigenvalue weighted by atomic mass is 9.83. The van der Waals surface area contributed by atoms with Crippen LogP contribution in [-0.4, -0.2) is 20.3 Å². The lowest BCUT2D eigenvalue weighted by Gasteiger charge is -2.23. The second-order valence-electron chi connectivity index (χ2n) is 7.69. The van der Waals surface area contributed by atoms with Crippen LogP contribution < -0.4 is 5.32 Å². The zero-order valence-corrected chi connectivity index (χ0v) is 16.2. The number of hydrogen-bond donors (Lipinski definition) is 1. The molecule has 146 valence electrons. The molecule has 2 aliphatic carbocycles. The second kappa shape index (κ2) is 7.51. The van der Waals surface area contributed by atoms with E-state index in [-0.39, 0.29) is 11.3 Å². The largest absolute Gasteiger partial charge is 0.384 e. The van der Waals surface area contributed by atoms with E-state index >= 15 is 4.39 Å². The van der Waals surface area contributed by atoms with Crippen LogP contribution in [0.4, 0.5) is 8.78 Å². The lowest BCUT2D eigenvalue weighted by molar-refractivity contribution is 0.227. The molecule has 0 radical (unpaired) electrons. The van der Waals surface area contributed by atoms with Gasteiger partial charge >= 0.3 is 0 Å². The maximum Gasteiger partial charge on any atom is 0.130 e. The van der Waals surface area contributed by atoms with E-state index in [0.717, 1.165) is 17.3 Å². The van der Waals surface area contributed by atoms with Crippen LogP contribution in [0, 0.1) is 23.5 Å². The van der Waals surface area contributed by atoms with Crippen molar-refractivity contribution in [1.29, 1.82) is 0 Å². The molecular formula is C24H25F2NO. The van der Waals surface area contributed by atoms with Crippen LogP contribution in [0.15, 0.2) is 72.0 Å². The molecule has 1 fully saturated rings. The first-order valence-corrected chi connectivity index (χ1v) is 9.70. The average Bonchev–Trinajstić information content (AvgIpc) is 3.25. The highest BCUT2D eigenvalue weighted by Crippen LogP contribution is 2.64. The molecule has 4 rings (SSSR count). The van der Waals surface area contributed by atoms with Crippen molar-refractivity contribution in [2.24, 2.45) is 11.8 Å². The van der Waals surface area contributed by atoms with Crippen molar-refractivity contribution in [2.45, 2.75) is 18.8 Å². The van der Waals surface area contributed by atoms with Crippen LogP contribution in [-0.2, 0) is 16.6 Å². The topological polar surface area (TPSA) is 21.3 Å². The van der Waals surface area contributed by atoms with Crippen molar-refractivity contribution in [3.8, 4) is 0 Å². The molecule has 0 saturated heterocycles. The molecule has 4 heteroatoms. The van der Waals surface area contributed by atoms with E-state index in [1.165, 1.54) is 6.07 Å². The monoisotopic (exact) mass is 381 g/mol. The standard InChI is InChI=1S/C24H25F2NO/c1-16-20-9-5-6-10-24(16,20)23-18(12-19(25)14-21(23)26)13-22-17(15-28-2)8-4-3-7-11-27-22/h3-10,12,14,16,20,27H,11,13,15H2,1-2H3/b7-3+,8-4-,22-17+/t16-,20?,24?/m1/s1. The van der Waals surface area contributed by atoms with Crippen molar-refractivity contribution >= 4 is 0 Å². The van der Waals surface area contributed by atoms with E-state index in [2.05, 4.69) is 24.4 Å². The van der Waals surface area contributed by atoms with Crippen molar-refractivity contribution in [3.63, 3.8) is 0 Å².